The molecule has 0 unspecified atom stereocenters. The molecule has 264 valence electrons. The van der Waals surface area contributed by atoms with Gasteiger partial charge in [-0.1, -0.05) is 65.7 Å². The maximum Gasteiger partial charge on any atom is 0.237 e. The van der Waals surface area contributed by atoms with Crippen molar-refractivity contribution in [1.29, 1.82) is 0 Å². The van der Waals surface area contributed by atoms with Crippen LogP contribution in [0, 0.1) is 11.8 Å². The molecule has 1 saturated carbocycles. The third kappa shape index (κ3) is 7.36. The Morgan fingerprint density at radius 1 is 0.720 bits per heavy atom. The van der Waals surface area contributed by atoms with E-state index in [-0.39, 0.29) is 17.9 Å². The molecule has 0 radical (unpaired) electrons. The predicted molar refractivity (Wildman–Crippen MR) is 196 cm³/mol. The molecule has 4 heterocycles. The number of halogens is 2. The first-order valence-corrected chi connectivity index (χ1v) is 18.1. The molecule has 0 bridgehead atoms. The number of ether oxygens (including phenoxy) is 2. The summed E-state index contributed by atoms with van der Waals surface area (Å²) in [5.74, 6) is 1.57. The number of aromatic nitrogens is 3. The van der Waals surface area contributed by atoms with Crippen LogP contribution in [0.2, 0.25) is 10.0 Å². The molecule has 50 heavy (non-hydrogen) atoms. The highest BCUT2D eigenvalue weighted by atomic mass is 35.5. The maximum atomic E-state index is 10.4. The van der Waals surface area contributed by atoms with Gasteiger partial charge in [-0.3, -0.25) is 14.8 Å². The van der Waals surface area contributed by atoms with Crippen LogP contribution in [0.3, 0.4) is 0 Å². The van der Waals surface area contributed by atoms with E-state index in [0.717, 1.165) is 72.5 Å². The number of aliphatic hydroxyl groups is 2. The minimum atomic E-state index is -0.699. The van der Waals surface area contributed by atoms with Gasteiger partial charge in [0.25, 0.3) is 0 Å². The van der Waals surface area contributed by atoms with Crippen LogP contribution in [-0.2, 0) is 13.1 Å². The van der Waals surface area contributed by atoms with Gasteiger partial charge in [0.2, 0.25) is 11.8 Å². The lowest BCUT2D eigenvalue weighted by Gasteiger charge is -2.45. The van der Waals surface area contributed by atoms with Crippen LogP contribution >= 0.6 is 23.2 Å². The molecule has 0 amide bonds. The van der Waals surface area contributed by atoms with Gasteiger partial charge in [0.1, 0.15) is 11.8 Å². The second kappa shape index (κ2) is 13.7. The van der Waals surface area contributed by atoms with Crippen LogP contribution in [0.25, 0.3) is 33.6 Å². The summed E-state index contributed by atoms with van der Waals surface area (Å²) in [6.07, 6.45) is 3.93. The third-order valence-electron chi connectivity index (χ3n) is 10.3. The average molecular weight is 719 g/mol. The molecular weight excluding hydrogens is 673 g/mol. The fourth-order valence-corrected chi connectivity index (χ4v) is 7.26. The highest BCUT2D eigenvalue weighted by Gasteiger charge is 2.39. The Kier molecular flexibility index (Phi) is 9.60. The Bertz CT molecular complexity index is 1880. The minimum Gasteiger partial charge on any atom is -0.481 e. The third-order valence-corrected chi connectivity index (χ3v) is 11.1. The van der Waals surface area contributed by atoms with Gasteiger partial charge >= 0.3 is 0 Å². The van der Waals surface area contributed by atoms with Gasteiger partial charge in [0, 0.05) is 78.9 Å². The van der Waals surface area contributed by atoms with Gasteiger partial charge in [-0.25, -0.2) is 9.97 Å². The minimum absolute atomic E-state index is 0.158. The topological polar surface area (TPSA) is 104 Å². The molecule has 2 aliphatic heterocycles. The van der Waals surface area contributed by atoms with E-state index < -0.39 is 11.2 Å². The van der Waals surface area contributed by atoms with Crippen LogP contribution in [0.1, 0.15) is 51.8 Å². The highest BCUT2D eigenvalue weighted by Crippen LogP contribution is 2.43. The molecule has 9 nitrogen and oxygen atoms in total. The normalized spacial score (nSPS) is 17.8. The smallest absolute Gasteiger partial charge is 0.237 e. The van der Waals surface area contributed by atoms with Crippen molar-refractivity contribution in [2.45, 2.75) is 70.9 Å². The quantitative estimate of drug-likeness (QED) is 0.158. The molecule has 1 aliphatic carbocycles. The van der Waals surface area contributed by atoms with E-state index in [0.29, 0.717) is 46.3 Å². The summed E-state index contributed by atoms with van der Waals surface area (Å²) in [4.78, 5) is 19.1. The van der Waals surface area contributed by atoms with Gasteiger partial charge in [-0.05, 0) is 46.6 Å². The lowest BCUT2D eigenvalue weighted by atomic mass is 9.84. The molecule has 2 N–H and O–H groups in total. The van der Waals surface area contributed by atoms with Crippen molar-refractivity contribution in [3.05, 3.63) is 76.0 Å². The van der Waals surface area contributed by atoms with Crippen LogP contribution in [-0.4, -0.2) is 85.6 Å². The van der Waals surface area contributed by atoms with Crippen molar-refractivity contribution in [2.24, 2.45) is 11.8 Å². The van der Waals surface area contributed by atoms with Gasteiger partial charge in [-0.2, -0.15) is 0 Å². The second-order valence-electron chi connectivity index (χ2n) is 15.1. The van der Waals surface area contributed by atoms with Crippen molar-refractivity contribution in [3.63, 3.8) is 0 Å². The van der Waals surface area contributed by atoms with Crippen molar-refractivity contribution >= 4 is 23.2 Å². The monoisotopic (exact) mass is 717 g/mol. The van der Waals surface area contributed by atoms with Crippen LogP contribution in [0.5, 0.6) is 11.8 Å². The number of pyridine rings is 1. The van der Waals surface area contributed by atoms with Crippen molar-refractivity contribution < 1.29 is 19.7 Å². The van der Waals surface area contributed by atoms with Crippen LogP contribution < -0.4 is 9.47 Å². The second-order valence-corrected chi connectivity index (χ2v) is 15.9. The van der Waals surface area contributed by atoms with Crippen LogP contribution in [0.4, 0.5) is 0 Å². The van der Waals surface area contributed by atoms with E-state index in [1.165, 1.54) is 0 Å². The SMILES string of the molecule is COc1nc(-c2cccc(-c3cccc(-c4cnc(CN5CC(C(C)(C)O)C5)c(OC5CC5)n4)c3Cl)c2Cl)ccc1CN1CC(C(C)(C)O)C1. The van der Waals surface area contributed by atoms with Gasteiger partial charge in [-0.15, -0.1) is 0 Å². The Morgan fingerprint density at radius 3 is 1.78 bits per heavy atom. The average Bonchev–Trinajstić information content (AvgIpc) is 3.84. The summed E-state index contributed by atoms with van der Waals surface area (Å²) in [5, 5.41) is 21.7. The molecule has 11 heteroatoms. The first-order chi connectivity index (χ1) is 23.8. The Hall–Kier alpha value is -3.31. The molecular formula is C39H45Cl2N5O4. The largest absolute Gasteiger partial charge is 0.481 e. The Labute approximate surface area is 304 Å². The fraction of sp³-hybridized carbons (Fsp3) is 0.462. The van der Waals surface area contributed by atoms with Gasteiger partial charge in [0.05, 0.1) is 45.9 Å². The summed E-state index contributed by atoms with van der Waals surface area (Å²) >= 11 is 14.3. The fourth-order valence-electron chi connectivity index (χ4n) is 6.61. The van der Waals surface area contributed by atoms with E-state index >= 15 is 0 Å². The molecule has 3 aliphatic rings. The Balaban J connectivity index is 1.13. The van der Waals surface area contributed by atoms with E-state index in [1.807, 2.05) is 76.2 Å². The summed E-state index contributed by atoms with van der Waals surface area (Å²) < 4.78 is 12.0. The first kappa shape index (κ1) is 35.1. The molecule has 0 spiro atoms. The van der Waals surface area contributed by atoms with Crippen molar-refractivity contribution in [1.82, 2.24) is 24.8 Å². The lowest BCUT2D eigenvalue weighted by molar-refractivity contribution is -0.0654. The Morgan fingerprint density at radius 2 is 1.24 bits per heavy atom. The van der Waals surface area contributed by atoms with E-state index in [1.54, 1.807) is 13.3 Å². The summed E-state index contributed by atoms with van der Waals surface area (Å²) in [6, 6.07) is 15.7. The zero-order chi connectivity index (χ0) is 35.4. The predicted octanol–water partition coefficient (Wildman–Crippen LogP) is 7.13. The number of nitrogens with zero attached hydrogens (tertiary/aromatic N) is 5. The number of hydrogen-bond acceptors (Lipinski definition) is 9. The summed E-state index contributed by atoms with van der Waals surface area (Å²) in [5.41, 5.74) is 4.75. The molecule has 2 aromatic carbocycles. The molecule has 2 saturated heterocycles. The van der Waals surface area contributed by atoms with Crippen molar-refractivity contribution in [3.8, 4) is 45.4 Å². The zero-order valence-electron chi connectivity index (χ0n) is 29.3. The molecule has 3 fully saturated rings. The highest BCUT2D eigenvalue weighted by molar-refractivity contribution is 6.39. The number of methoxy groups -OCH3 is 1. The van der Waals surface area contributed by atoms with E-state index in [4.69, 9.17) is 47.6 Å². The summed E-state index contributed by atoms with van der Waals surface area (Å²) in [6.45, 7) is 12.0. The molecule has 4 aromatic rings. The number of hydrogen-bond donors (Lipinski definition) is 2. The van der Waals surface area contributed by atoms with Gasteiger partial charge < -0.3 is 19.7 Å². The maximum absolute atomic E-state index is 10.4. The standard InChI is InChI=1S/C39H45Cl2N5O4/c1-38(2,47)24-18-45(19-24)17-23-12-15-31(43-36(23)49-5)29-10-6-8-27(34(29)40)28-9-7-11-30(35(28)41)32-16-42-33(37(44-32)50-26-13-14-26)22-46-20-25(21-46)39(3,4)48/h6-12,15-16,24-26,47-48H,13-14,17-22H2,1-5H3. The number of rotatable bonds is 12. The van der Waals surface area contributed by atoms with Gasteiger partial charge in [0.15, 0.2) is 0 Å². The number of benzene rings is 2. The lowest BCUT2D eigenvalue weighted by Crippen LogP contribution is -2.55. The van der Waals surface area contributed by atoms with E-state index in [9.17, 15) is 10.2 Å². The zero-order valence-corrected chi connectivity index (χ0v) is 30.8. The van der Waals surface area contributed by atoms with Crippen LogP contribution in [0.15, 0.2) is 54.7 Å². The first-order valence-electron chi connectivity index (χ1n) is 17.3. The molecule has 7 rings (SSSR count). The van der Waals surface area contributed by atoms with E-state index in [2.05, 4.69) is 9.80 Å². The van der Waals surface area contributed by atoms with Crippen molar-refractivity contribution in [2.75, 3.05) is 33.3 Å². The summed E-state index contributed by atoms with van der Waals surface area (Å²) in [7, 11) is 1.63. The molecule has 2 aromatic heterocycles. The number of likely N-dealkylation sites (tertiary alicyclic amines) is 2. The molecule has 0 atom stereocenters.